The van der Waals surface area contributed by atoms with Crippen LogP contribution in [0.15, 0.2) is 0 Å². The van der Waals surface area contributed by atoms with Crippen LogP contribution in [0, 0.1) is 11.3 Å². The molecule has 4 heteroatoms. The Balaban J connectivity index is 4.26. The SMILES string of the molecule is CCN(CCCC#N)C(C)(C)C(=O)O. The maximum atomic E-state index is 10.9. The van der Waals surface area contributed by atoms with E-state index in [1.807, 2.05) is 11.8 Å². The number of rotatable bonds is 6. The lowest BCUT2D eigenvalue weighted by Crippen LogP contribution is -2.50. The number of nitrogens with zero attached hydrogens (tertiary/aromatic N) is 2. The van der Waals surface area contributed by atoms with E-state index in [9.17, 15) is 4.79 Å². The van der Waals surface area contributed by atoms with E-state index in [1.54, 1.807) is 13.8 Å². The molecule has 0 heterocycles. The van der Waals surface area contributed by atoms with Crippen molar-refractivity contribution in [3.63, 3.8) is 0 Å². The van der Waals surface area contributed by atoms with Crippen LogP contribution in [0.2, 0.25) is 0 Å². The number of hydrogen-bond donors (Lipinski definition) is 1. The summed E-state index contributed by atoms with van der Waals surface area (Å²) in [5.74, 6) is -0.823. The third kappa shape index (κ3) is 3.35. The fraction of sp³-hybridized carbons (Fsp3) is 0.800. The summed E-state index contributed by atoms with van der Waals surface area (Å²) < 4.78 is 0. The minimum absolute atomic E-state index is 0.478. The van der Waals surface area contributed by atoms with Crippen molar-refractivity contribution in [3.8, 4) is 6.07 Å². The van der Waals surface area contributed by atoms with E-state index in [0.717, 1.165) is 6.42 Å². The highest BCUT2D eigenvalue weighted by Crippen LogP contribution is 2.14. The maximum Gasteiger partial charge on any atom is 0.323 e. The summed E-state index contributed by atoms with van der Waals surface area (Å²) in [6.45, 7) is 6.64. The van der Waals surface area contributed by atoms with Crippen LogP contribution in [0.4, 0.5) is 0 Å². The molecule has 0 amide bonds. The molecular formula is C10H18N2O2. The normalized spacial score (nSPS) is 11.4. The van der Waals surface area contributed by atoms with Crippen molar-refractivity contribution in [2.45, 2.75) is 39.2 Å². The summed E-state index contributed by atoms with van der Waals surface area (Å²) in [7, 11) is 0. The van der Waals surface area contributed by atoms with Crippen molar-refractivity contribution in [2.24, 2.45) is 0 Å². The Morgan fingerprint density at radius 2 is 2.14 bits per heavy atom. The first-order valence-electron chi connectivity index (χ1n) is 4.82. The second kappa shape index (κ2) is 5.61. The topological polar surface area (TPSA) is 64.3 Å². The van der Waals surface area contributed by atoms with Crippen LogP contribution < -0.4 is 0 Å². The predicted octanol–water partition coefficient (Wildman–Crippen LogP) is 1.48. The Bertz CT molecular complexity index is 231. The first-order valence-corrected chi connectivity index (χ1v) is 4.82. The van der Waals surface area contributed by atoms with Crippen LogP contribution in [0.5, 0.6) is 0 Å². The van der Waals surface area contributed by atoms with Crippen molar-refractivity contribution in [1.29, 1.82) is 5.26 Å². The van der Waals surface area contributed by atoms with E-state index < -0.39 is 11.5 Å². The van der Waals surface area contributed by atoms with Crippen molar-refractivity contribution in [3.05, 3.63) is 0 Å². The summed E-state index contributed by atoms with van der Waals surface area (Å²) in [6.07, 6.45) is 1.20. The molecule has 4 nitrogen and oxygen atoms in total. The number of hydrogen-bond acceptors (Lipinski definition) is 3. The fourth-order valence-corrected chi connectivity index (χ4v) is 1.32. The average molecular weight is 198 g/mol. The molecule has 14 heavy (non-hydrogen) atoms. The second-order valence-electron chi connectivity index (χ2n) is 3.71. The quantitative estimate of drug-likeness (QED) is 0.656. The van der Waals surface area contributed by atoms with Crippen LogP contribution in [-0.4, -0.2) is 34.6 Å². The fourth-order valence-electron chi connectivity index (χ4n) is 1.32. The van der Waals surface area contributed by atoms with E-state index in [-0.39, 0.29) is 0 Å². The van der Waals surface area contributed by atoms with Crippen molar-refractivity contribution in [2.75, 3.05) is 13.1 Å². The Morgan fingerprint density at radius 1 is 1.57 bits per heavy atom. The van der Waals surface area contributed by atoms with E-state index in [2.05, 4.69) is 6.07 Å². The number of carboxylic acids is 1. The van der Waals surface area contributed by atoms with Crippen LogP contribution in [-0.2, 0) is 4.79 Å². The summed E-state index contributed by atoms with van der Waals surface area (Å²) in [5.41, 5.74) is -0.843. The molecule has 0 bridgehead atoms. The third-order valence-corrected chi connectivity index (χ3v) is 2.41. The molecule has 0 saturated heterocycles. The highest BCUT2D eigenvalue weighted by atomic mass is 16.4. The lowest BCUT2D eigenvalue weighted by atomic mass is 10.0. The number of likely N-dealkylation sites (N-methyl/N-ethyl adjacent to an activating group) is 1. The predicted molar refractivity (Wildman–Crippen MR) is 53.8 cm³/mol. The molecule has 0 fully saturated rings. The Labute approximate surface area is 85.1 Å². The minimum atomic E-state index is -0.843. The molecule has 0 atom stereocenters. The lowest BCUT2D eigenvalue weighted by molar-refractivity contribution is -0.149. The largest absolute Gasteiger partial charge is 0.480 e. The molecule has 0 aliphatic heterocycles. The molecule has 0 radical (unpaired) electrons. The van der Waals surface area contributed by atoms with Crippen molar-refractivity contribution >= 4 is 5.97 Å². The van der Waals surface area contributed by atoms with E-state index >= 15 is 0 Å². The molecule has 80 valence electrons. The molecule has 0 saturated carbocycles. The van der Waals surface area contributed by atoms with Crippen molar-refractivity contribution < 1.29 is 9.90 Å². The van der Waals surface area contributed by atoms with Crippen LogP contribution in [0.25, 0.3) is 0 Å². The Kier molecular flexibility index (Phi) is 5.18. The Morgan fingerprint density at radius 3 is 2.50 bits per heavy atom. The van der Waals surface area contributed by atoms with Crippen LogP contribution in [0.1, 0.15) is 33.6 Å². The lowest BCUT2D eigenvalue weighted by Gasteiger charge is -2.33. The molecule has 0 rings (SSSR count). The number of nitriles is 1. The zero-order valence-corrected chi connectivity index (χ0v) is 9.08. The van der Waals surface area contributed by atoms with Gasteiger partial charge < -0.3 is 5.11 Å². The van der Waals surface area contributed by atoms with Crippen molar-refractivity contribution in [1.82, 2.24) is 4.90 Å². The number of unbranched alkanes of at least 4 members (excludes halogenated alkanes) is 1. The van der Waals surface area contributed by atoms with Crippen LogP contribution in [0.3, 0.4) is 0 Å². The first kappa shape index (κ1) is 12.9. The molecule has 0 aliphatic rings. The van der Waals surface area contributed by atoms with Gasteiger partial charge in [-0.25, -0.2) is 0 Å². The standard InChI is InChI=1S/C10H18N2O2/c1-4-12(8-6-5-7-11)10(2,3)9(13)14/h4-6,8H2,1-3H3,(H,13,14). The smallest absolute Gasteiger partial charge is 0.323 e. The minimum Gasteiger partial charge on any atom is -0.480 e. The second-order valence-corrected chi connectivity index (χ2v) is 3.71. The summed E-state index contributed by atoms with van der Waals surface area (Å²) in [4.78, 5) is 12.8. The van der Waals surface area contributed by atoms with Gasteiger partial charge in [0, 0.05) is 13.0 Å². The van der Waals surface area contributed by atoms with Gasteiger partial charge in [0.15, 0.2) is 0 Å². The average Bonchev–Trinajstić information content (AvgIpc) is 2.12. The zero-order valence-electron chi connectivity index (χ0n) is 9.08. The molecule has 0 unspecified atom stereocenters. The van der Waals surface area contributed by atoms with Gasteiger partial charge >= 0.3 is 5.97 Å². The summed E-state index contributed by atoms with van der Waals surface area (Å²) in [6, 6.07) is 2.05. The molecule has 0 aromatic heterocycles. The summed E-state index contributed by atoms with van der Waals surface area (Å²) >= 11 is 0. The maximum absolute atomic E-state index is 10.9. The molecule has 1 N–H and O–H groups in total. The van der Waals surface area contributed by atoms with Gasteiger partial charge in [0.2, 0.25) is 0 Å². The van der Waals surface area contributed by atoms with Crippen LogP contribution >= 0.6 is 0 Å². The van der Waals surface area contributed by atoms with Gasteiger partial charge in [-0.3, -0.25) is 9.69 Å². The highest BCUT2D eigenvalue weighted by molar-refractivity contribution is 5.77. The van der Waals surface area contributed by atoms with Gasteiger partial charge in [-0.05, 0) is 26.8 Å². The zero-order chi connectivity index (χ0) is 11.2. The molecule has 0 aromatic rings. The van der Waals surface area contributed by atoms with Gasteiger partial charge in [0.1, 0.15) is 5.54 Å². The molecular weight excluding hydrogens is 180 g/mol. The van der Waals surface area contributed by atoms with Gasteiger partial charge in [-0.15, -0.1) is 0 Å². The monoisotopic (exact) mass is 198 g/mol. The molecule has 0 aliphatic carbocycles. The summed E-state index contributed by atoms with van der Waals surface area (Å²) in [5, 5.41) is 17.4. The van der Waals surface area contributed by atoms with Gasteiger partial charge in [-0.1, -0.05) is 6.92 Å². The van der Waals surface area contributed by atoms with Gasteiger partial charge in [-0.2, -0.15) is 5.26 Å². The van der Waals surface area contributed by atoms with Gasteiger partial charge in [0.05, 0.1) is 6.07 Å². The van der Waals surface area contributed by atoms with Gasteiger partial charge in [0.25, 0.3) is 0 Å². The Hall–Kier alpha value is -1.08. The van der Waals surface area contributed by atoms with E-state index in [1.165, 1.54) is 0 Å². The van der Waals surface area contributed by atoms with E-state index in [0.29, 0.717) is 19.5 Å². The number of carbonyl (C=O) groups is 1. The highest BCUT2D eigenvalue weighted by Gasteiger charge is 2.32. The first-order chi connectivity index (χ1) is 6.46. The number of aliphatic carboxylic acids is 1. The number of carboxylic acid groups (broad SMARTS) is 1. The third-order valence-electron chi connectivity index (χ3n) is 2.41. The van der Waals surface area contributed by atoms with E-state index in [4.69, 9.17) is 10.4 Å². The molecule has 0 aromatic carbocycles. The molecule has 0 spiro atoms.